The fourth-order valence-electron chi connectivity index (χ4n) is 2.66. The van der Waals surface area contributed by atoms with Crippen LogP contribution in [0.4, 0.5) is 5.69 Å². The number of ether oxygens (including phenoxy) is 1. The maximum absolute atomic E-state index is 12.4. The molecule has 4 aromatic rings. The van der Waals surface area contributed by atoms with Gasteiger partial charge in [-0.05, 0) is 77.2 Å². The smallest absolute Gasteiger partial charge is 0.262 e. The highest BCUT2D eigenvalue weighted by Gasteiger charge is 2.14. The first kappa shape index (κ1) is 19.2. The Balaban J connectivity index is 1.54. The van der Waals surface area contributed by atoms with Crippen LogP contribution in [0.1, 0.15) is 0 Å². The lowest BCUT2D eigenvalue weighted by atomic mass is 10.2. The van der Waals surface area contributed by atoms with Crippen LogP contribution in [0.5, 0.6) is 5.75 Å². The fourth-order valence-corrected chi connectivity index (χ4v) is 4.27. The molecule has 0 saturated heterocycles. The molecule has 0 atom stereocenters. The molecule has 0 spiro atoms. The third-order valence-electron chi connectivity index (χ3n) is 3.96. The van der Waals surface area contributed by atoms with Crippen molar-refractivity contribution in [2.24, 2.45) is 0 Å². The Labute approximate surface area is 184 Å². The number of nitrogens with zero attached hydrogens (tertiary/aromatic N) is 1. The zero-order chi connectivity index (χ0) is 19.5. The Bertz CT molecular complexity index is 1110. The number of thiazole rings is 1. The zero-order valence-corrected chi connectivity index (χ0v) is 18.2. The standard InChI is InChI=1S/C21H14ClIN2O2S/c22-13-5-8-15(9-6-13)27-12-20(26)24-17-10-7-14(23)11-16(17)21-25-18-3-1-2-4-19(18)28-21/h1-11H,12H2,(H,24,26). The Morgan fingerprint density at radius 3 is 2.68 bits per heavy atom. The highest BCUT2D eigenvalue weighted by atomic mass is 127. The van der Waals surface area contributed by atoms with Crippen molar-refractivity contribution in [2.45, 2.75) is 0 Å². The summed E-state index contributed by atoms with van der Waals surface area (Å²) in [6.45, 7) is -0.0904. The van der Waals surface area contributed by atoms with E-state index in [4.69, 9.17) is 21.3 Å². The maximum atomic E-state index is 12.4. The number of benzene rings is 3. The van der Waals surface area contributed by atoms with Crippen LogP contribution in [-0.2, 0) is 4.79 Å². The van der Waals surface area contributed by atoms with Crippen molar-refractivity contribution in [2.75, 3.05) is 11.9 Å². The Morgan fingerprint density at radius 1 is 1.11 bits per heavy atom. The molecule has 3 aromatic carbocycles. The van der Waals surface area contributed by atoms with E-state index in [0.717, 1.165) is 24.4 Å². The largest absolute Gasteiger partial charge is 0.484 e. The number of amides is 1. The minimum atomic E-state index is -0.237. The van der Waals surface area contributed by atoms with Crippen LogP contribution in [-0.4, -0.2) is 17.5 Å². The van der Waals surface area contributed by atoms with Gasteiger partial charge in [0.1, 0.15) is 10.8 Å². The number of aromatic nitrogens is 1. The summed E-state index contributed by atoms with van der Waals surface area (Å²) in [4.78, 5) is 17.1. The van der Waals surface area contributed by atoms with Crippen molar-refractivity contribution < 1.29 is 9.53 Å². The van der Waals surface area contributed by atoms with Gasteiger partial charge in [-0.1, -0.05) is 23.7 Å². The highest BCUT2D eigenvalue weighted by molar-refractivity contribution is 14.1. The first-order chi connectivity index (χ1) is 13.6. The minimum absolute atomic E-state index is 0.0904. The van der Waals surface area contributed by atoms with Gasteiger partial charge in [-0.2, -0.15) is 0 Å². The number of para-hydroxylation sites is 1. The Hall–Kier alpha value is -2.16. The minimum Gasteiger partial charge on any atom is -0.484 e. The summed E-state index contributed by atoms with van der Waals surface area (Å²) in [5.41, 5.74) is 2.56. The van der Waals surface area contributed by atoms with Crippen LogP contribution >= 0.6 is 45.5 Å². The Kier molecular flexibility index (Phi) is 5.79. The SMILES string of the molecule is O=C(COc1ccc(Cl)cc1)Nc1ccc(I)cc1-c1nc2ccccc2s1. The summed E-state index contributed by atoms with van der Waals surface area (Å²) >= 11 is 9.72. The number of fused-ring (bicyclic) bond motifs is 1. The van der Waals surface area contributed by atoms with Gasteiger partial charge in [0, 0.05) is 14.2 Å². The second kappa shape index (κ2) is 8.46. The number of hydrogen-bond donors (Lipinski definition) is 1. The first-order valence-electron chi connectivity index (χ1n) is 8.42. The molecule has 0 aliphatic carbocycles. The van der Waals surface area contributed by atoms with Crippen LogP contribution in [0.2, 0.25) is 5.02 Å². The van der Waals surface area contributed by atoms with Crippen molar-refractivity contribution >= 4 is 67.3 Å². The Morgan fingerprint density at radius 2 is 1.89 bits per heavy atom. The first-order valence-corrected chi connectivity index (χ1v) is 10.7. The number of carbonyl (C=O) groups is 1. The van der Waals surface area contributed by atoms with Crippen LogP contribution in [0.25, 0.3) is 20.8 Å². The summed E-state index contributed by atoms with van der Waals surface area (Å²) in [5, 5.41) is 4.43. The molecular formula is C21H14ClIN2O2S. The summed E-state index contributed by atoms with van der Waals surface area (Å²) in [6, 6.07) is 20.8. The number of carbonyl (C=O) groups excluding carboxylic acids is 1. The van der Waals surface area contributed by atoms with Gasteiger partial charge in [0.15, 0.2) is 6.61 Å². The summed E-state index contributed by atoms with van der Waals surface area (Å²) < 4.78 is 7.71. The van der Waals surface area contributed by atoms with E-state index in [2.05, 4.69) is 27.9 Å². The van der Waals surface area contributed by atoms with Crippen molar-refractivity contribution in [3.8, 4) is 16.3 Å². The number of halogens is 2. The molecule has 1 heterocycles. The average molecular weight is 521 g/mol. The van der Waals surface area contributed by atoms with Crippen LogP contribution in [0.3, 0.4) is 0 Å². The summed E-state index contributed by atoms with van der Waals surface area (Å²) in [5.74, 6) is 0.354. The topological polar surface area (TPSA) is 51.2 Å². The molecule has 1 amide bonds. The number of anilines is 1. The van der Waals surface area contributed by atoms with Gasteiger partial charge in [-0.3, -0.25) is 4.79 Å². The maximum Gasteiger partial charge on any atom is 0.262 e. The van der Waals surface area contributed by atoms with E-state index in [9.17, 15) is 4.79 Å². The van der Waals surface area contributed by atoms with Gasteiger partial charge in [-0.25, -0.2) is 4.98 Å². The van der Waals surface area contributed by atoms with Crippen LogP contribution in [0.15, 0.2) is 66.7 Å². The van der Waals surface area contributed by atoms with E-state index in [-0.39, 0.29) is 12.5 Å². The molecule has 0 aliphatic rings. The van der Waals surface area contributed by atoms with Gasteiger partial charge in [-0.15, -0.1) is 11.3 Å². The van der Waals surface area contributed by atoms with E-state index in [0.29, 0.717) is 16.5 Å². The third-order valence-corrected chi connectivity index (χ3v) is 5.96. The number of rotatable bonds is 5. The molecule has 0 saturated carbocycles. The van der Waals surface area contributed by atoms with E-state index < -0.39 is 0 Å². The second-order valence-corrected chi connectivity index (χ2v) is 8.68. The van der Waals surface area contributed by atoms with Crippen molar-refractivity contribution in [1.82, 2.24) is 4.98 Å². The molecule has 1 N–H and O–H groups in total. The lowest BCUT2D eigenvalue weighted by molar-refractivity contribution is -0.118. The van der Waals surface area contributed by atoms with Crippen molar-refractivity contribution in [3.63, 3.8) is 0 Å². The molecule has 0 fully saturated rings. The molecule has 140 valence electrons. The molecule has 0 unspecified atom stereocenters. The molecular weight excluding hydrogens is 507 g/mol. The predicted octanol–water partition coefficient (Wildman–Crippen LogP) is 6.24. The van der Waals surface area contributed by atoms with E-state index in [1.165, 1.54) is 0 Å². The predicted molar refractivity (Wildman–Crippen MR) is 123 cm³/mol. The van der Waals surface area contributed by atoms with E-state index in [1.54, 1.807) is 35.6 Å². The summed E-state index contributed by atoms with van der Waals surface area (Å²) in [6.07, 6.45) is 0. The van der Waals surface area contributed by atoms with Gasteiger partial charge in [0.05, 0.1) is 15.9 Å². The normalized spacial score (nSPS) is 10.8. The van der Waals surface area contributed by atoms with Gasteiger partial charge >= 0.3 is 0 Å². The van der Waals surface area contributed by atoms with Crippen molar-refractivity contribution in [1.29, 1.82) is 0 Å². The molecule has 0 radical (unpaired) electrons. The van der Waals surface area contributed by atoms with Gasteiger partial charge < -0.3 is 10.1 Å². The van der Waals surface area contributed by atoms with Gasteiger partial charge in [0.25, 0.3) is 5.91 Å². The average Bonchev–Trinajstić information content (AvgIpc) is 3.13. The van der Waals surface area contributed by atoms with Crippen molar-refractivity contribution in [3.05, 3.63) is 75.3 Å². The lowest BCUT2D eigenvalue weighted by Crippen LogP contribution is -2.20. The summed E-state index contributed by atoms with van der Waals surface area (Å²) in [7, 11) is 0. The molecule has 7 heteroatoms. The third kappa shape index (κ3) is 4.45. The molecule has 4 rings (SSSR count). The van der Waals surface area contributed by atoms with Crippen LogP contribution in [0, 0.1) is 3.57 Å². The van der Waals surface area contributed by atoms with Gasteiger partial charge in [0.2, 0.25) is 0 Å². The zero-order valence-electron chi connectivity index (χ0n) is 14.5. The molecule has 1 aromatic heterocycles. The van der Waals surface area contributed by atoms with E-state index in [1.807, 2.05) is 42.5 Å². The molecule has 0 aliphatic heterocycles. The monoisotopic (exact) mass is 520 g/mol. The highest BCUT2D eigenvalue weighted by Crippen LogP contribution is 2.35. The fraction of sp³-hybridized carbons (Fsp3) is 0.0476. The molecule has 0 bridgehead atoms. The second-order valence-electron chi connectivity index (χ2n) is 5.97. The number of hydrogen-bond acceptors (Lipinski definition) is 4. The molecule has 28 heavy (non-hydrogen) atoms. The lowest BCUT2D eigenvalue weighted by Gasteiger charge is -2.11. The number of nitrogens with one attached hydrogen (secondary N) is 1. The van der Waals surface area contributed by atoms with Crippen LogP contribution < -0.4 is 10.1 Å². The van der Waals surface area contributed by atoms with E-state index >= 15 is 0 Å². The molecule has 4 nitrogen and oxygen atoms in total. The quantitative estimate of drug-likeness (QED) is 0.317.